The molecule has 0 aliphatic carbocycles. The third kappa shape index (κ3) is 2.43. The second-order valence-electron chi connectivity index (χ2n) is 5.43. The van der Waals surface area contributed by atoms with Crippen molar-refractivity contribution >= 4 is 11.4 Å². The van der Waals surface area contributed by atoms with Gasteiger partial charge in [0.25, 0.3) is 0 Å². The first-order valence-corrected chi connectivity index (χ1v) is 6.83. The maximum Gasteiger partial charge on any atom is 0.0373 e. The number of fused-ring (bicyclic) bond motifs is 1. The fourth-order valence-corrected chi connectivity index (χ4v) is 2.72. The Balaban J connectivity index is 1.81. The van der Waals surface area contributed by atoms with Crippen molar-refractivity contribution in [1.29, 1.82) is 0 Å². The summed E-state index contributed by atoms with van der Waals surface area (Å²) in [5.74, 6) is 0.575. The van der Waals surface area contributed by atoms with Gasteiger partial charge >= 0.3 is 0 Å². The normalized spacial score (nSPS) is 17.5. The predicted octanol–water partition coefficient (Wildman–Crippen LogP) is 3.50. The zero-order valence-electron chi connectivity index (χ0n) is 11.6. The summed E-state index contributed by atoms with van der Waals surface area (Å²) in [5, 5.41) is 3.54. The van der Waals surface area contributed by atoms with Crippen LogP contribution in [0, 0.1) is 0 Å². The van der Waals surface area contributed by atoms with Crippen molar-refractivity contribution in [2.24, 2.45) is 0 Å². The number of benzene rings is 2. The molecule has 0 fully saturated rings. The molecule has 0 aromatic heterocycles. The van der Waals surface area contributed by atoms with Crippen LogP contribution in [-0.2, 0) is 6.42 Å². The summed E-state index contributed by atoms with van der Waals surface area (Å²) < 4.78 is 0. The van der Waals surface area contributed by atoms with Crippen LogP contribution < -0.4 is 10.2 Å². The van der Waals surface area contributed by atoms with Gasteiger partial charge in [0.2, 0.25) is 0 Å². The van der Waals surface area contributed by atoms with Crippen molar-refractivity contribution in [3.8, 4) is 0 Å². The smallest absolute Gasteiger partial charge is 0.0373 e. The van der Waals surface area contributed by atoms with Crippen LogP contribution in [0.1, 0.15) is 17.0 Å². The number of para-hydroxylation sites is 1. The molecule has 2 heteroatoms. The van der Waals surface area contributed by atoms with Gasteiger partial charge in [0, 0.05) is 37.9 Å². The number of anilines is 2. The summed E-state index contributed by atoms with van der Waals surface area (Å²) >= 11 is 0. The molecular formula is C17H20N2. The Hall–Kier alpha value is -1.96. The van der Waals surface area contributed by atoms with E-state index in [9.17, 15) is 0 Å². The Labute approximate surface area is 115 Å². The molecule has 2 aromatic rings. The highest BCUT2D eigenvalue weighted by molar-refractivity contribution is 5.55. The van der Waals surface area contributed by atoms with Gasteiger partial charge in [-0.15, -0.1) is 0 Å². The van der Waals surface area contributed by atoms with Gasteiger partial charge in [-0.1, -0.05) is 30.3 Å². The van der Waals surface area contributed by atoms with Crippen molar-refractivity contribution in [2.45, 2.75) is 12.3 Å². The van der Waals surface area contributed by atoms with Crippen molar-refractivity contribution in [2.75, 3.05) is 30.9 Å². The fraction of sp³-hybridized carbons (Fsp3) is 0.294. The monoisotopic (exact) mass is 252 g/mol. The predicted molar refractivity (Wildman–Crippen MR) is 82.1 cm³/mol. The van der Waals surface area contributed by atoms with Crippen LogP contribution in [-0.4, -0.2) is 20.6 Å². The Bertz CT molecular complexity index is 558. The summed E-state index contributed by atoms with van der Waals surface area (Å²) in [6, 6.07) is 17.5. The molecule has 0 radical (unpaired) electrons. The molecule has 19 heavy (non-hydrogen) atoms. The first-order valence-electron chi connectivity index (χ1n) is 6.83. The number of rotatable bonds is 2. The first kappa shape index (κ1) is 12.1. The van der Waals surface area contributed by atoms with Gasteiger partial charge in [0.1, 0.15) is 0 Å². The summed E-state index contributed by atoms with van der Waals surface area (Å²) in [6.45, 7) is 1.03. The van der Waals surface area contributed by atoms with Gasteiger partial charge in [0.15, 0.2) is 0 Å². The SMILES string of the molecule is CN(C)c1ccc(C2CNc3ccccc3C2)cc1. The van der Waals surface area contributed by atoms with Crippen LogP contribution in [0.15, 0.2) is 48.5 Å². The van der Waals surface area contributed by atoms with E-state index in [0.29, 0.717) is 5.92 Å². The highest BCUT2D eigenvalue weighted by Crippen LogP contribution is 2.30. The molecule has 1 aliphatic rings. The van der Waals surface area contributed by atoms with E-state index in [0.717, 1.165) is 13.0 Å². The molecule has 2 nitrogen and oxygen atoms in total. The Morgan fingerprint density at radius 3 is 2.47 bits per heavy atom. The highest BCUT2D eigenvalue weighted by Gasteiger charge is 2.19. The average molecular weight is 252 g/mol. The van der Waals surface area contributed by atoms with E-state index in [1.54, 1.807) is 0 Å². The maximum absolute atomic E-state index is 3.54. The molecule has 0 saturated heterocycles. The molecule has 0 saturated carbocycles. The van der Waals surface area contributed by atoms with Crippen molar-refractivity contribution in [1.82, 2.24) is 0 Å². The van der Waals surface area contributed by atoms with E-state index in [4.69, 9.17) is 0 Å². The van der Waals surface area contributed by atoms with Crippen LogP contribution in [0.4, 0.5) is 11.4 Å². The number of nitrogens with zero attached hydrogens (tertiary/aromatic N) is 1. The standard InChI is InChI=1S/C17H20N2/c1-19(2)16-9-7-13(8-10-16)15-11-14-5-3-4-6-17(14)18-12-15/h3-10,15,18H,11-12H2,1-2H3. The second-order valence-corrected chi connectivity index (χ2v) is 5.43. The Morgan fingerprint density at radius 2 is 1.74 bits per heavy atom. The topological polar surface area (TPSA) is 15.3 Å². The van der Waals surface area contributed by atoms with E-state index in [2.05, 4.69) is 72.8 Å². The van der Waals surface area contributed by atoms with E-state index in [1.807, 2.05) is 0 Å². The lowest BCUT2D eigenvalue weighted by molar-refractivity contribution is 0.695. The van der Waals surface area contributed by atoms with Gasteiger partial charge in [-0.05, 0) is 35.7 Å². The van der Waals surface area contributed by atoms with Crippen LogP contribution in [0.3, 0.4) is 0 Å². The molecule has 1 aliphatic heterocycles. The van der Waals surface area contributed by atoms with Crippen LogP contribution >= 0.6 is 0 Å². The molecule has 1 atom stereocenters. The van der Waals surface area contributed by atoms with Crippen LogP contribution in [0.5, 0.6) is 0 Å². The highest BCUT2D eigenvalue weighted by atomic mass is 15.1. The maximum atomic E-state index is 3.54. The van der Waals surface area contributed by atoms with E-state index in [-0.39, 0.29) is 0 Å². The molecule has 0 spiro atoms. The van der Waals surface area contributed by atoms with Gasteiger partial charge in [0.05, 0.1) is 0 Å². The number of nitrogens with one attached hydrogen (secondary N) is 1. The first-order chi connectivity index (χ1) is 9.24. The van der Waals surface area contributed by atoms with E-state index < -0.39 is 0 Å². The van der Waals surface area contributed by atoms with Crippen LogP contribution in [0.25, 0.3) is 0 Å². The molecule has 0 bridgehead atoms. The Kier molecular flexibility index (Phi) is 3.16. The number of hydrogen-bond acceptors (Lipinski definition) is 2. The van der Waals surface area contributed by atoms with Gasteiger partial charge < -0.3 is 10.2 Å². The fourth-order valence-electron chi connectivity index (χ4n) is 2.72. The molecular weight excluding hydrogens is 232 g/mol. The van der Waals surface area contributed by atoms with Gasteiger partial charge in [-0.2, -0.15) is 0 Å². The zero-order valence-corrected chi connectivity index (χ0v) is 11.6. The lowest BCUT2D eigenvalue weighted by Gasteiger charge is -2.26. The van der Waals surface area contributed by atoms with E-state index in [1.165, 1.54) is 22.5 Å². The Morgan fingerprint density at radius 1 is 1.00 bits per heavy atom. The molecule has 1 unspecified atom stereocenters. The molecule has 2 aromatic carbocycles. The molecule has 98 valence electrons. The van der Waals surface area contributed by atoms with E-state index >= 15 is 0 Å². The zero-order chi connectivity index (χ0) is 13.2. The minimum Gasteiger partial charge on any atom is -0.384 e. The second kappa shape index (κ2) is 4.96. The quantitative estimate of drug-likeness (QED) is 0.880. The molecule has 3 rings (SSSR count). The summed E-state index contributed by atoms with van der Waals surface area (Å²) in [7, 11) is 4.15. The molecule has 1 heterocycles. The minimum atomic E-state index is 0.575. The lowest BCUT2D eigenvalue weighted by Crippen LogP contribution is -2.21. The number of hydrogen-bond donors (Lipinski definition) is 1. The largest absolute Gasteiger partial charge is 0.384 e. The lowest BCUT2D eigenvalue weighted by atomic mass is 9.88. The van der Waals surface area contributed by atoms with Crippen molar-refractivity contribution < 1.29 is 0 Å². The molecule has 1 N–H and O–H groups in total. The minimum absolute atomic E-state index is 0.575. The third-order valence-corrected chi connectivity index (χ3v) is 3.90. The van der Waals surface area contributed by atoms with Crippen molar-refractivity contribution in [3.63, 3.8) is 0 Å². The average Bonchev–Trinajstić information content (AvgIpc) is 2.47. The van der Waals surface area contributed by atoms with Crippen molar-refractivity contribution in [3.05, 3.63) is 59.7 Å². The molecule has 0 amide bonds. The summed E-state index contributed by atoms with van der Waals surface area (Å²) in [5.41, 5.74) is 5.40. The summed E-state index contributed by atoms with van der Waals surface area (Å²) in [6.07, 6.45) is 1.13. The third-order valence-electron chi connectivity index (χ3n) is 3.90. The summed E-state index contributed by atoms with van der Waals surface area (Å²) in [4.78, 5) is 2.14. The van der Waals surface area contributed by atoms with Gasteiger partial charge in [-0.3, -0.25) is 0 Å². The van der Waals surface area contributed by atoms with Crippen LogP contribution in [0.2, 0.25) is 0 Å². The van der Waals surface area contributed by atoms with Gasteiger partial charge in [-0.25, -0.2) is 0 Å².